The molecule has 1 amide bonds. The van der Waals surface area contributed by atoms with Crippen LogP contribution >= 0.6 is 0 Å². The molecule has 0 aliphatic carbocycles. The van der Waals surface area contributed by atoms with Crippen LogP contribution in [0.4, 0.5) is 0 Å². The van der Waals surface area contributed by atoms with Gasteiger partial charge >= 0.3 is 0 Å². The van der Waals surface area contributed by atoms with Gasteiger partial charge in [-0.05, 0) is 48.4 Å². The van der Waals surface area contributed by atoms with E-state index in [4.69, 9.17) is 5.14 Å². The van der Waals surface area contributed by atoms with Crippen LogP contribution in [0.3, 0.4) is 0 Å². The lowest BCUT2D eigenvalue weighted by Crippen LogP contribution is -2.28. The summed E-state index contributed by atoms with van der Waals surface area (Å²) in [5, 5.41) is 11.1. The molecule has 25 heavy (non-hydrogen) atoms. The first kappa shape index (κ1) is 19.0. The maximum atomic E-state index is 11.7. The average Bonchev–Trinajstić information content (AvgIpc) is 2.60. The van der Waals surface area contributed by atoms with Crippen molar-refractivity contribution in [1.29, 1.82) is 0 Å². The number of aromatic nitrogens is 1. The van der Waals surface area contributed by atoms with E-state index in [-0.39, 0.29) is 10.8 Å². The minimum Gasteiger partial charge on any atom is -0.352 e. The first-order valence-corrected chi connectivity index (χ1v) is 9.48. The molecule has 134 valence electrons. The van der Waals surface area contributed by atoms with Crippen molar-refractivity contribution >= 4 is 15.9 Å². The number of rotatable bonds is 9. The highest BCUT2D eigenvalue weighted by Crippen LogP contribution is 2.08. The van der Waals surface area contributed by atoms with Gasteiger partial charge in [-0.15, -0.1) is 0 Å². The van der Waals surface area contributed by atoms with Crippen LogP contribution in [-0.4, -0.2) is 32.4 Å². The fourth-order valence-electron chi connectivity index (χ4n) is 2.20. The normalized spacial score (nSPS) is 11.2. The Bertz CT molecular complexity index is 777. The third kappa shape index (κ3) is 7.00. The number of hydrogen-bond donors (Lipinski definition) is 3. The number of primary sulfonamides is 1. The monoisotopic (exact) mass is 362 g/mol. The third-order valence-corrected chi connectivity index (χ3v) is 4.54. The summed E-state index contributed by atoms with van der Waals surface area (Å²) < 4.78 is 22.4. The Hall–Kier alpha value is -2.29. The molecule has 0 aliphatic rings. The molecule has 0 radical (unpaired) electrons. The molecule has 0 atom stereocenters. The van der Waals surface area contributed by atoms with E-state index in [2.05, 4.69) is 15.6 Å². The van der Waals surface area contributed by atoms with Crippen LogP contribution in [-0.2, 0) is 27.8 Å². The topological polar surface area (TPSA) is 114 Å². The summed E-state index contributed by atoms with van der Waals surface area (Å²) >= 11 is 0. The molecule has 7 nitrogen and oxygen atoms in total. The SMILES string of the molecule is NS(=O)(=O)c1ccc(CCNCCC(=O)NCc2ccncc2)cc1. The molecule has 0 spiro atoms. The van der Waals surface area contributed by atoms with Crippen molar-refractivity contribution in [3.05, 3.63) is 59.9 Å². The van der Waals surface area contributed by atoms with Gasteiger partial charge < -0.3 is 10.6 Å². The smallest absolute Gasteiger partial charge is 0.238 e. The first-order valence-electron chi connectivity index (χ1n) is 7.93. The van der Waals surface area contributed by atoms with Crippen LogP contribution in [0.5, 0.6) is 0 Å². The Labute approximate surface area is 147 Å². The van der Waals surface area contributed by atoms with E-state index in [1.54, 1.807) is 24.5 Å². The van der Waals surface area contributed by atoms with Crippen LogP contribution in [0.25, 0.3) is 0 Å². The van der Waals surface area contributed by atoms with E-state index in [9.17, 15) is 13.2 Å². The van der Waals surface area contributed by atoms with Gasteiger partial charge in [-0.3, -0.25) is 9.78 Å². The van der Waals surface area contributed by atoms with Crippen molar-refractivity contribution in [2.24, 2.45) is 5.14 Å². The minimum atomic E-state index is -3.65. The number of benzene rings is 1. The molecule has 0 aliphatic heterocycles. The van der Waals surface area contributed by atoms with E-state index in [1.807, 2.05) is 12.1 Å². The van der Waals surface area contributed by atoms with Crippen LogP contribution in [0, 0.1) is 0 Å². The molecule has 1 aromatic heterocycles. The molecule has 0 unspecified atom stereocenters. The fraction of sp³-hybridized carbons (Fsp3) is 0.294. The van der Waals surface area contributed by atoms with Crippen LogP contribution in [0.15, 0.2) is 53.7 Å². The van der Waals surface area contributed by atoms with E-state index in [0.717, 1.165) is 17.5 Å². The first-order chi connectivity index (χ1) is 11.9. The van der Waals surface area contributed by atoms with Gasteiger partial charge in [0.2, 0.25) is 15.9 Å². The molecule has 1 aromatic carbocycles. The maximum Gasteiger partial charge on any atom is 0.238 e. The Morgan fingerprint density at radius 1 is 1.00 bits per heavy atom. The lowest BCUT2D eigenvalue weighted by atomic mass is 10.1. The van der Waals surface area contributed by atoms with Gasteiger partial charge in [-0.25, -0.2) is 13.6 Å². The quantitative estimate of drug-likeness (QED) is 0.564. The Balaban J connectivity index is 1.60. The van der Waals surface area contributed by atoms with Crippen molar-refractivity contribution in [3.8, 4) is 0 Å². The summed E-state index contributed by atoms with van der Waals surface area (Å²) in [6, 6.07) is 10.2. The van der Waals surface area contributed by atoms with E-state index in [0.29, 0.717) is 26.1 Å². The molecule has 1 heterocycles. The third-order valence-electron chi connectivity index (χ3n) is 3.61. The van der Waals surface area contributed by atoms with Gasteiger partial charge in [0, 0.05) is 31.9 Å². The minimum absolute atomic E-state index is 0.0122. The average molecular weight is 362 g/mol. The summed E-state index contributed by atoms with van der Waals surface area (Å²) in [5.41, 5.74) is 2.02. The molecule has 4 N–H and O–H groups in total. The number of nitrogens with two attached hydrogens (primary N) is 1. The van der Waals surface area contributed by atoms with E-state index < -0.39 is 10.0 Å². The van der Waals surface area contributed by atoms with Crippen molar-refractivity contribution in [1.82, 2.24) is 15.6 Å². The van der Waals surface area contributed by atoms with Crippen molar-refractivity contribution in [3.63, 3.8) is 0 Å². The second-order valence-electron chi connectivity index (χ2n) is 5.57. The summed E-state index contributed by atoms with van der Waals surface area (Å²) in [4.78, 5) is 15.8. The molecule has 0 bridgehead atoms. The summed E-state index contributed by atoms with van der Waals surface area (Å²) in [6.45, 7) is 1.78. The second-order valence-corrected chi connectivity index (χ2v) is 7.13. The predicted octanol–water partition coefficient (Wildman–Crippen LogP) is 0.568. The molecule has 0 fully saturated rings. The molecule has 8 heteroatoms. The van der Waals surface area contributed by atoms with E-state index in [1.165, 1.54) is 12.1 Å². The number of sulfonamides is 1. The number of carbonyl (C=O) groups is 1. The number of amides is 1. The van der Waals surface area contributed by atoms with Gasteiger partial charge in [0.25, 0.3) is 0 Å². The maximum absolute atomic E-state index is 11.7. The molecule has 2 aromatic rings. The Morgan fingerprint density at radius 2 is 1.68 bits per heavy atom. The van der Waals surface area contributed by atoms with Crippen molar-refractivity contribution < 1.29 is 13.2 Å². The molecular formula is C17H22N4O3S. The number of pyridine rings is 1. The Morgan fingerprint density at radius 3 is 2.32 bits per heavy atom. The largest absolute Gasteiger partial charge is 0.352 e. The molecule has 0 saturated heterocycles. The predicted molar refractivity (Wildman–Crippen MR) is 95.1 cm³/mol. The Kier molecular flexibility index (Phi) is 7.05. The van der Waals surface area contributed by atoms with Crippen LogP contribution in [0.1, 0.15) is 17.5 Å². The fourth-order valence-corrected chi connectivity index (χ4v) is 2.71. The summed E-state index contributed by atoms with van der Waals surface area (Å²) in [6.07, 6.45) is 4.52. The molecule has 0 saturated carbocycles. The van der Waals surface area contributed by atoms with Gasteiger partial charge in [0.05, 0.1) is 4.90 Å². The van der Waals surface area contributed by atoms with Crippen molar-refractivity contribution in [2.45, 2.75) is 24.3 Å². The highest BCUT2D eigenvalue weighted by molar-refractivity contribution is 7.89. The van der Waals surface area contributed by atoms with Gasteiger partial charge in [0.15, 0.2) is 0 Å². The van der Waals surface area contributed by atoms with Gasteiger partial charge in [-0.1, -0.05) is 12.1 Å². The highest BCUT2D eigenvalue weighted by atomic mass is 32.2. The highest BCUT2D eigenvalue weighted by Gasteiger charge is 2.06. The van der Waals surface area contributed by atoms with Gasteiger partial charge in [-0.2, -0.15) is 0 Å². The van der Waals surface area contributed by atoms with Crippen molar-refractivity contribution in [2.75, 3.05) is 13.1 Å². The zero-order chi connectivity index (χ0) is 18.1. The lowest BCUT2D eigenvalue weighted by Gasteiger charge is -2.07. The summed E-state index contributed by atoms with van der Waals surface area (Å²) in [7, 11) is -3.65. The lowest BCUT2D eigenvalue weighted by molar-refractivity contribution is -0.121. The second kappa shape index (κ2) is 9.26. The summed E-state index contributed by atoms with van der Waals surface area (Å²) in [5.74, 6) is -0.0122. The number of hydrogen-bond acceptors (Lipinski definition) is 5. The van der Waals surface area contributed by atoms with E-state index >= 15 is 0 Å². The molecular weight excluding hydrogens is 340 g/mol. The van der Waals surface area contributed by atoms with Gasteiger partial charge in [0.1, 0.15) is 0 Å². The van der Waals surface area contributed by atoms with Crippen LogP contribution in [0.2, 0.25) is 0 Å². The number of nitrogens with one attached hydrogen (secondary N) is 2. The number of carbonyl (C=O) groups excluding carboxylic acids is 1. The zero-order valence-corrected chi connectivity index (χ0v) is 14.6. The number of nitrogens with zero attached hydrogens (tertiary/aromatic N) is 1. The standard InChI is InChI=1S/C17H22N4O3S/c18-25(23,24)16-3-1-14(2-4-16)5-9-20-12-8-17(22)21-13-15-6-10-19-11-7-15/h1-4,6-7,10-11,20H,5,8-9,12-13H2,(H,21,22)(H2,18,23,24). The molecule has 2 rings (SSSR count). The zero-order valence-electron chi connectivity index (χ0n) is 13.8. The van der Waals surface area contributed by atoms with Crippen LogP contribution < -0.4 is 15.8 Å².